The fraction of sp³-hybridized carbons (Fsp3) is 0.911. The van der Waals surface area contributed by atoms with E-state index in [1.54, 1.807) is 6.08 Å². The standard InChI is InChI=1S/C56H111N2O6P/c1-6-8-10-12-14-16-18-20-22-24-25-26-27-28-29-30-31-32-34-36-38-40-42-44-46-48-50-56(60)57-54(53-64-65(61,62)63-52-51-58(3,4)5)55(59)49-47-45-43-41-39-37-35-33-23-21-19-17-15-13-11-9-7-2/h39,41,47,49,54-55,59H,6-38,40,42-46,48,50-53H2,1-5H3,(H-,57,60,61,62)/b41-39+,49-47+. The van der Waals surface area contributed by atoms with E-state index in [4.69, 9.17) is 9.05 Å². The van der Waals surface area contributed by atoms with Gasteiger partial charge in [-0.15, -0.1) is 0 Å². The van der Waals surface area contributed by atoms with Gasteiger partial charge in [-0.3, -0.25) is 9.36 Å². The molecule has 9 heteroatoms. The number of rotatable bonds is 52. The molecule has 0 bridgehead atoms. The van der Waals surface area contributed by atoms with Gasteiger partial charge in [-0.05, 0) is 32.1 Å². The number of unbranched alkanes of at least 4 members (excludes halogenated alkanes) is 37. The lowest BCUT2D eigenvalue weighted by Crippen LogP contribution is -2.45. The third kappa shape index (κ3) is 50.7. The van der Waals surface area contributed by atoms with Gasteiger partial charge in [-0.25, -0.2) is 0 Å². The number of nitrogens with one attached hydrogen (secondary N) is 1. The van der Waals surface area contributed by atoms with Crippen molar-refractivity contribution in [1.29, 1.82) is 0 Å². The van der Waals surface area contributed by atoms with Crippen molar-refractivity contribution >= 4 is 13.7 Å². The smallest absolute Gasteiger partial charge is 0.268 e. The summed E-state index contributed by atoms with van der Waals surface area (Å²) in [6.07, 6.45) is 59.7. The zero-order valence-corrected chi connectivity index (χ0v) is 44.9. The van der Waals surface area contributed by atoms with Crippen LogP contribution in [-0.2, 0) is 18.4 Å². The normalized spacial score (nSPS) is 14.1. The van der Waals surface area contributed by atoms with Gasteiger partial charge >= 0.3 is 0 Å². The predicted octanol–water partition coefficient (Wildman–Crippen LogP) is 16.2. The predicted molar refractivity (Wildman–Crippen MR) is 279 cm³/mol. The van der Waals surface area contributed by atoms with Crippen LogP contribution in [0.3, 0.4) is 0 Å². The van der Waals surface area contributed by atoms with E-state index in [0.717, 1.165) is 38.5 Å². The first-order chi connectivity index (χ1) is 31.5. The highest BCUT2D eigenvalue weighted by Crippen LogP contribution is 2.38. The van der Waals surface area contributed by atoms with Gasteiger partial charge in [0.15, 0.2) is 0 Å². The van der Waals surface area contributed by atoms with E-state index in [2.05, 4.69) is 31.3 Å². The van der Waals surface area contributed by atoms with Crippen molar-refractivity contribution in [2.45, 2.75) is 289 Å². The maximum Gasteiger partial charge on any atom is 0.268 e. The fourth-order valence-electron chi connectivity index (χ4n) is 8.47. The summed E-state index contributed by atoms with van der Waals surface area (Å²) in [7, 11) is 1.26. The van der Waals surface area contributed by atoms with Crippen LogP contribution >= 0.6 is 7.82 Å². The largest absolute Gasteiger partial charge is 0.756 e. The maximum atomic E-state index is 12.9. The Hall–Kier alpha value is -1.02. The number of allylic oxidation sites excluding steroid dienone is 3. The van der Waals surface area contributed by atoms with Crippen LogP contribution in [-0.4, -0.2) is 68.5 Å². The first-order valence-electron chi connectivity index (χ1n) is 28.2. The number of carbonyl (C=O) groups excluding carboxylic acids is 1. The molecule has 3 atom stereocenters. The molecule has 0 aromatic carbocycles. The second kappa shape index (κ2) is 48.0. The molecule has 0 fully saturated rings. The van der Waals surface area contributed by atoms with Gasteiger partial charge in [-0.2, -0.15) is 0 Å². The number of aliphatic hydroxyl groups excluding tert-OH is 1. The molecule has 0 aromatic rings. The first-order valence-corrected chi connectivity index (χ1v) is 29.7. The summed E-state index contributed by atoms with van der Waals surface area (Å²) in [6, 6.07) is -0.899. The number of carbonyl (C=O) groups is 1. The Morgan fingerprint density at radius 1 is 0.523 bits per heavy atom. The molecular formula is C56H111N2O6P. The van der Waals surface area contributed by atoms with Gasteiger partial charge in [0.1, 0.15) is 13.2 Å². The van der Waals surface area contributed by atoms with E-state index in [0.29, 0.717) is 17.4 Å². The van der Waals surface area contributed by atoms with Crippen molar-refractivity contribution in [1.82, 2.24) is 5.32 Å². The quantitative estimate of drug-likeness (QED) is 0.0272. The van der Waals surface area contributed by atoms with Crippen molar-refractivity contribution in [3.63, 3.8) is 0 Å². The molecule has 3 unspecified atom stereocenters. The monoisotopic (exact) mass is 939 g/mol. The van der Waals surface area contributed by atoms with Crippen LogP contribution in [0, 0.1) is 0 Å². The lowest BCUT2D eigenvalue weighted by atomic mass is 10.0. The topological polar surface area (TPSA) is 108 Å². The van der Waals surface area contributed by atoms with E-state index in [1.165, 1.54) is 218 Å². The molecule has 0 heterocycles. The number of hydrogen-bond donors (Lipinski definition) is 2. The Morgan fingerprint density at radius 2 is 0.862 bits per heavy atom. The number of phosphoric acid groups is 1. The molecule has 0 saturated heterocycles. The minimum Gasteiger partial charge on any atom is -0.756 e. The highest BCUT2D eigenvalue weighted by Gasteiger charge is 2.23. The third-order valence-corrected chi connectivity index (χ3v) is 13.9. The summed E-state index contributed by atoms with van der Waals surface area (Å²) < 4.78 is 23.3. The Bertz CT molecular complexity index is 1110. The Balaban J connectivity index is 4.18. The molecule has 0 radical (unpaired) electrons. The van der Waals surface area contributed by atoms with E-state index in [-0.39, 0.29) is 19.1 Å². The summed E-state index contributed by atoms with van der Waals surface area (Å²) in [5.41, 5.74) is 0. The minimum atomic E-state index is -4.60. The molecule has 2 N–H and O–H groups in total. The molecule has 65 heavy (non-hydrogen) atoms. The molecular weight excluding hydrogens is 828 g/mol. The second-order valence-corrected chi connectivity index (χ2v) is 22.1. The molecule has 0 aliphatic carbocycles. The minimum absolute atomic E-state index is 0.00383. The van der Waals surface area contributed by atoms with Crippen LogP contribution < -0.4 is 10.2 Å². The molecule has 0 rings (SSSR count). The Kier molecular flexibility index (Phi) is 47.3. The zero-order valence-electron chi connectivity index (χ0n) is 44.0. The van der Waals surface area contributed by atoms with Crippen molar-refractivity contribution in [3.05, 3.63) is 24.3 Å². The van der Waals surface area contributed by atoms with Crippen molar-refractivity contribution in [2.75, 3.05) is 40.9 Å². The summed E-state index contributed by atoms with van der Waals surface area (Å²) in [4.78, 5) is 25.5. The average Bonchev–Trinajstić information content (AvgIpc) is 3.26. The molecule has 0 saturated carbocycles. The van der Waals surface area contributed by atoms with Crippen LogP contribution in [0.2, 0.25) is 0 Å². The number of aliphatic hydroxyl groups is 1. The van der Waals surface area contributed by atoms with Crippen LogP contribution in [0.25, 0.3) is 0 Å². The summed E-state index contributed by atoms with van der Waals surface area (Å²) >= 11 is 0. The van der Waals surface area contributed by atoms with Crippen molar-refractivity contribution in [3.8, 4) is 0 Å². The molecule has 0 aliphatic rings. The maximum absolute atomic E-state index is 12.9. The molecule has 8 nitrogen and oxygen atoms in total. The van der Waals surface area contributed by atoms with Crippen LogP contribution in [0.15, 0.2) is 24.3 Å². The lowest BCUT2D eigenvalue weighted by Gasteiger charge is -2.29. The van der Waals surface area contributed by atoms with Gasteiger partial charge < -0.3 is 28.8 Å². The van der Waals surface area contributed by atoms with Gasteiger partial charge in [-0.1, -0.05) is 263 Å². The average molecular weight is 939 g/mol. The number of phosphoric ester groups is 1. The van der Waals surface area contributed by atoms with E-state index >= 15 is 0 Å². The van der Waals surface area contributed by atoms with Crippen molar-refractivity contribution < 1.29 is 32.9 Å². The summed E-state index contributed by atoms with van der Waals surface area (Å²) in [6.45, 7) is 4.66. The number of likely N-dealkylation sites (N-methyl/N-ethyl adjacent to an activating group) is 1. The Labute approximate surface area is 404 Å². The highest BCUT2D eigenvalue weighted by atomic mass is 31.2. The number of nitrogens with zero attached hydrogens (tertiary/aromatic N) is 1. The Morgan fingerprint density at radius 3 is 1.25 bits per heavy atom. The third-order valence-electron chi connectivity index (χ3n) is 12.9. The SMILES string of the molecule is CCCCCCCCCCCCC/C=C/CC/C=C/C(O)C(COP(=O)([O-])OCC[N+](C)(C)C)NC(=O)CCCCCCCCCCCCCCCCCCCCCCCCCCCC. The van der Waals surface area contributed by atoms with Crippen LogP contribution in [0.5, 0.6) is 0 Å². The second-order valence-electron chi connectivity index (χ2n) is 20.6. The molecule has 1 amide bonds. The van der Waals surface area contributed by atoms with Gasteiger partial charge in [0.25, 0.3) is 7.82 Å². The molecule has 386 valence electrons. The first kappa shape index (κ1) is 64.0. The van der Waals surface area contributed by atoms with Gasteiger partial charge in [0.2, 0.25) is 5.91 Å². The van der Waals surface area contributed by atoms with E-state index < -0.39 is 20.0 Å². The number of amides is 1. The fourth-order valence-corrected chi connectivity index (χ4v) is 9.19. The molecule has 0 spiro atoms. The van der Waals surface area contributed by atoms with Crippen LogP contribution in [0.4, 0.5) is 0 Å². The van der Waals surface area contributed by atoms with E-state index in [9.17, 15) is 19.4 Å². The summed E-state index contributed by atoms with van der Waals surface area (Å²) in [5.74, 6) is -0.201. The van der Waals surface area contributed by atoms with Crippen LogP contribution in [0.1, 0.15) is 277 Å². The highest BCUT2D eigenvalue weighted by molar-refractivity contribution is 7.45. The van der Waals surface area contributed by atoms with Gasteiger partial charge in [0.05, 0.1) is 39.9 Å². The lowest BCUT2D eigenvalue weighted by molar-refractivity contribution is -0.870. The zero-order chi connectivity index (χ0) is 47.8. The van der Waals surface area contributed by atoms with Crippen molar-refractivity contribution in [2.24, 2.45) is 0 Å². The molecule has 0 aromatic heterocycles. The number of quaternary nitrogens is 1. The number of hydrogen-bond acceptors (Lipinski definition) is 6. The van der Waals surface area contributed by atoms with Gasteiger partial charge in [0, 0.05) is 6.42 Å². The van der Waals surface area contributed by atoms with E-state index in [1.807, 2.05) is 27.2 Å². The molecule has 0 aliphatic heterocycles. The summed E-state index contributed by atoms with van der Waals surface area (Å²) in [5, 5.41) is 13.8.